The summed E-state index contributed by atoms with van der Waals surface area (Å²) in [5.41, 5.74) is 4.80. The molecule has 0 unspecified atom stereocenters. The molecule has 4 aromatic rings. The Labute approximate surface area is 213 Å². The van der Waals surface area contributed by atoms with E-state index in [9.17, 15) is 10.1 Å². The fourth-order valence-electron chi connectivity index (χ4n) is 3.70. The third-order valence-electron chi connectivity index (χ3n) is 5.56. The van der Waals surface area contributed by atoms with E-state index in [0.29, 0.717) is 40.9 Å². The standard InChI is InChI=1S/C28H23Cl2N3O2/c1-18-6-8-19(9-7-18)17-35-27-24(29)13-20(14-25(27)30)12-22(15-31)28(34)32-11-10-21-16-33-26-5-3-2-4-23(21)26/h2-9,12-14,16,33H,10-11,17H2,1H3,(H,32,34)/b22-12-. The third kappa shape index (κ3) is 6.05. The van der Waals surface area contributed by atoms with E-state index in [-0.39, 0.29) is 5.57 Å². The number of fused-ring (bicyclic) bond motifs is 1. The molecule has 0 fully saturated rings. The molecule has 0 atom stereocenters. The average molecular weight is 504 g/mol. The van der Waals surface area contributed by atoms with Gasteiger partial charge in [0.1, 0.15) is 18.2 Å². The van der Waals surface area contributed by atoms with Gasteiger partial charge in [0.15, 0.2) is 5.75 Å². The minimum atomic E-state index is -0.459. The number of ether oxygens (including phenoxy) is 1. The summed E-state index contributed by atoms with van der Waals surface area (Å²) in [6, 6.07) is 21.1. The van der Waals surface area contributed by atoms with E-state index < -0.39 is 5.91 Å². The number of nitrogens with zero attached hydrogens (tertiary/aromatic N) is 1. The van der Waals surface area contributed by atoms with E-state index in [0.717, 1.165) is 27.6 Å². The third-order valence-corrected chi connectivity index (χ3v) is 6.12. The molecular weight excluding hydrogens is 481 g/mol. The predicted molar refractivity (Wildman–Crippen MR) is 141 cm³/mol. The number of amides is 1. The number of nitriles is 1. The number of rotatable bonds is 8. The maximum Gasteiger partial charge on any atom is 0.261 e. The fraction of sp³-hybridized carbons (Fsp3) is 0.143. The van der Waals surface area contributed by atoms with Crippen LogP contribution in [0.3, 0.4) is 0 Å². The monoisotopic (exact) mass is 503 g/mol. The zero-order valence-corrected chi connectivity index (χ0v) is 20.6. The largest absolute Gasteiger partial charge is 0.486 e. The Morgan fingerprint density at radius 2 is 1.83 bits per heavy atom. The molecule has 176 valence electrons. The molecule has 1 amide bonds. The highest BCUT2D eigenvalue weighted by molar-refractivity contribution is 6.37. The Hall–Kier alpha value is -3.72. The van der Waals surface area contributed by atoms with Crippen molar-refractivity contribution in [3.05, 3.63) is 105 Å². The maximum atomic E-state index is 12.6. The number of hydrogen-bond acceptors (Lipinski definition) is 3. The van der Waals surface area contributed by atoms with Crippen molar-refractivity contribution in [1.82, 2.24) is 10.3 Å². The van der Waals surface area contributed by atoms with Gasteiger partial charge in [0.2, 0.25) is 0 Å². The minimum absolute atomic E-state index is 0.0376. The molecular formula is C28H23Cl2N3O2. The molecule has 7 heteroatoms. The number of aromatic nitrogens is 1. The van der Waals surface area contributed by atoms with Crippen molar-refractivity contribution in [3.63, 3.8) is 0 Å². The first-order valence-corrected chi connectivity index (χ1v) is 11.8. The maximum absolute atomic E-state index is 12.6. The molecule has 0 radical (unpaired) electrons. The van der Waals surface area contributed by atoms with Crippen LogP contribution in [0.4, 0.5) is 0 Å². The van der Waals surface area contributed by atoms with Crippen molar-refractivity contribution in [1.29, 1.82) is 5.26 Å². The van der Waals surface area contributed by atoms with Gasteiger partial charge in [-0.15, -0.1) is 0 Å². The molecule has 5 nitrogen and oxygen atoms in total. The van der Waals surface area contributed by atoms with Crippen molar-refractivity contribution >= 4 is 46.1 Å². The van der Waals surface area contributed by atoms with Crippen LogP contribution in [-0.2, 0) is 17.8 Å². The van der Waals surface area contributed by atoms with Crippen LogP contribution in [-0.4, -0.2) is 17.4 Å². The molecule has 0 aliphatic heterocycles. The van der Waals surface area contributed by atoms with E-state index in [1.54, 1.807) is 12.1 Å². The van der Waals surface area contributed by atoms with E-state index in [1.807, 2.05) is 67.7 Å². The highest BCUT2D eigenvalue weighted by Crippen LogP contribution is 2.35. The number of hydrogen-bond donors (Lipinski definition) is 2. The van der Waals surface area contributed by atoms with Crippen LogP contribution >= 0.6 is 23.2 Å². The lowest BCUT2D eigenvalue weighted by Gasteiger charge is -2.11. The van der Waals surface area contributed by atoms with Crippen LogP contribution in [0.2, 0.25) is 10.0 Å². The Bertz CT molecular complexity index is 1410. The summed E-state index contributed by atoms with van der Waals surface area (Å²) < 4.78 is 5.81. The van der Waals surface area contributed by atoms with Crippen LogP contribution in [0, 0.1) is 18.3 Å². The van der Waals surface area contributed by atoms with Gasteiger partial charge < -0.3 is 15.0 Å². The molecule has 0 saturated heterocycles. The fourth-order valence-corrected chi connectivity index (χ4v) is 4.31. The lowest BCUT2D eigenvalue weighted by Crippen LogP contribution is -2.26. The Balaban J connectivity index is 1.40. The van der Waals surface area contributed by atoms with Crippen LogP contribution in [0.1, 0.15) is 22.3 Å². The van der Waals surface area contributed by atoms with Crippen LogP contribution in [0.15, 0.2) is 72.4 Å². The molecule has 0 aliphatic carbocycles. The van der Waals surface area contributed by atoms with Gasteiger partial charge in [-0.2, -0.15) is 5.26 Å². The number of aromatic amines is 1. The van der Waals surface area contributed by atoms with E-state index in [1.165, 1.54) is 6.08 Å². The van der Waals surface area contributed by atoms with E-state index >= 15 is 0 Å². The lowest BCUT2D eigenvalue weighted by molar-refractivity contribution is -0.117. The van der Waals surface area contributed by atoms with Gasteiger partial charge in [-0.1, -0.05) is 71.2 Å². The first-order chi connectivity index (χ1) is 16.9. The molecule has 0 spiro atoms. The molecule has 1 aromatic heterocycles. The minimum Gasteiger partial charge on any atom is -0.486 e. The van der Waals surface area contributed by atoms with E-state index in [2.05, 4.69) is 10.3 Å². The first kappa shape index (κ1) is 24.4. The summed E-state index contributed by atoms with van der Waals surface area (Å²) in [7, 11) is 0. The molecule has 4 rings (SSSR count). The highest BCUT2D eigenvalue weighted by Gasteiger charge is 2.13. The highest BCUT2D eigenvalue weighted by atomic mass is 35.5. The summed E-state index contributed by atoms with van der Waals surface area (Å²) in [4.78, 5) is 15.8. The summed E-state index contributed by atoms with van der Waals surface area (Å²) in [6.45, 7) is 2.73. The van der Waals surface area contributed by atoms with Crippen molar-refractivity contribution in [2.75, 3.05) is 6.54 Å². The van der Waals surface area contributed by atoms with Crippen molar-refractivity contribution in [2.24, 2.45) is 0 Å². The smallest absolute Gasteiger partial charge is 0.261 e. The van der Waals surface area contributed by atoms with Gasteiger partial charge >= 0.3 is 0 Å². The van der Waals surface area contributed by atoms with Gasteiger partial charge in [-0.25, -0.2) is 0 Å². The average Bonchev–Trinajstić information content (AvgIpc) is 3.26. The second-order valence-electron chi connectivity index (χ2n) is 8.12. The summed E-state index contributed by atoms with van der Waals surface area (Å²) >= 11 is 12.8. The lowest BCUT2D eigenvalue weighted by atomic mass is 10.1. The molecule has 2 N–H and O–H groups in total. The molecule has 0 saturated carbocycles. The predicted octanol–water partition coefficient (Wildman–Crippen LogP) is 6.63. The van der Waals surface area contributed by atoms with Crippen LogP contribution < -0.4 is 10.1 Å². The van der Waals surface area contributed by atoms with Gasteiger partial charge in [0.25, 0.3) is 5.91 Å². The van der Waals surface area contributed by atoms with Crippen LogP contribution in [0.5, 0.6) is 5.75 Å². The number of para-hydroxylation sites is 1. The molecule has 1 heterocycles. The first-order valence-electron chi connectivity index (χ1n) is 11.1. The number of carbonyl (C=O) groups is 1. The molecule has 35 heavy (non-hydrogen) atoms. The summed E-state index contributed by atoms with van der Waals surface area (Å²) in [5, 5.41) is 14.1. The number of carbonyl (C=O) groups excluding carboxylic acids is 1. The summed E-state index contributed by atoms with van der Waals surface area (Å²) in [5.74, 6) is -0.105. The van der Waals surface area contributed by atoms with Gasteiger partial charge in [0.05, 0.1) is 10.0 Å². The molecule has 0 aliphatic rings. The number of nitrogens with one attached hydrogen (secondary N) is 2. The number of H-pyrrole nitrogens is 1. The number of aryl methyl sites for hydroxylation is 1. The van der Waals surface area contributed by atoms with Gasteiger partial charge in [-0.05, 0) is 54.3 Å². The Kier molecular flexibility index (Phi) is 7.77. The number of benzene rings is 3. The van der Waals surface area contributed by atoms with Gasteiger partial charge in [-0.3, -0.25) is 4.79 Å². The van der Waals surface area contributed by atoms with Crippen LogP contribution in [0.25, 0.3) is 17.0 Å². The normalized spacial score (nSPS) is 11.3. The summed E-state index contributed by atoms with van der Waals surface area (Å²) in [6.07, 6.45) is 4.03. The quantitative estimate of drug-likeness (QED) is 0.209. The topological polar surface area (TPSA) is 77.9 Å². The van der Waals surface area contributed by atoms with Crippen molar-refractivity contribution in [3.8, 4) is 11.8 Å². The molecule has 0 bridgehead atoms. The second kappa shape index (κ2) is 11.1. The second-order valence-corrected chi connectivity index (χ2v) is 8.94. The van der Waals surface area contributed by atoms with Gasteiger partial charge in [0, 0.05) is 23.6 Å². The van der Waals surface area contributed by atoms with E-state index in [4.69, 9.17) is 27.9 Å². The zero-order chi connectivity index (χ0) is 24.8. The zero-order valence-electron chi connectivity index (χ0n) is 19.1. The van der Waals surface area contributed by atoms with Crippen molar-refractivity contribution in [2.45, 2.75) is 20.0 Å². The number of halogens is 2. The Morgan fingerprint density at radius 3 is 2.54 bits per heavy atom. The van der Waals surface area contributed by atoms with Crippen molar-refractivity contribution < 1.29 is 9.53 Å². The Morgan fingerprint density at radius 1 is 1.11 bits per heavy atom. The molecule has 3 aromatic carbocycles. The SMILES string of the molecule is Cc1ccc(COc2c(Cl)cc(/C=C(/C#N)C(=O)NCCc3c[nH]c4ccccc34)cc2Cl)cc1.